The van der Waals surface area contributed by atoms with Crippen molar-refractivity contribution in [1.29, 1.82) is 0 Å². The summed E-state index contributed by atoms with van der Waals surface area (Å²) in [5, 5.41) is 11.1. The summed E-state index contributed by atoms with van der Waals surface area (Å²) in [5.41, 5.74) is 3.12. The average molecular weight is 424 g/mol. The SMILES string of the molecule is C=CCn1c(SCc2cc(=O)oc3cc(C)ccc23)nnc1-c1ccc(Cl)cc1. The zero-order valence-corrected chi connectivity index (χ0v) is 17.3. The summed E-state index contributed by atoms with van der Waals surface area (Å²) in [6.07, 6.45) is 1.81. The number of halogens is 1. The predicted octanol–water partition coefficient (Wildman–Crippen LogP) is 5.49. The molecule has 2 aromatic heterocycles. The summed E-state index contributed by atoms with van der Waals surface area (Å²) in [5.74, 6) is 1.32. The van der Waals surface area contributed by atoms with Crippen molar-refractivity contribution in [2.45, 2.75) is 24.4 Å². The molecule has 0 N–H and O–H groups in total. The summed E-state index contributed by atoms with van der Waals surface area (Å²) >= 11 is 7.52. The van der Waals surface area contributed by atoms with Gasteiger partial charge in [0, 0.05) is 34.3 Å². The molecule has 0 unspecified atom stereocenters. The molecule has 0 bridgehead atoms. The van der Waals surface area contributed by atoms with Gasteiger partial charge >= 0.3 is 5.63 Å². The summed E-state index contributed by atoms with van der Waals surface area (Å²) < 4.78 is 7.35. The van der Waals surface area contributed by atoms with Gasteiger partial charge in [-0.1, -0.05) is 41.6 Å². The van der Waals surface area contributed by atoms with E-state index >= 15 is 0 Å². The Kier molecular flexibility index (Phi) is 5.56. The molecule has 0 spiro atoms. The zero-order valence-electron chi connectivity index (χ0n) is 15.8. The minimum Gasteiger partial charge on any atom is -0.423 e. The monoisotopic (exact) mass is 423 g/mol. The first-order valence-corrected chi connectivity index (χ1v) is 10.4. The van der Waals surface area contributed by atoms with Crippen LogP contribution in [0.1, 0.15) is 11.1 Å². The molecule has 146 valence electrons. The second kappa shape index (κ2) is 8.27. The van der Waals surface area contributed by atoms with E-state index in [1.807, 2.05) is 60.0 Å². The lowest BCUT2D eigenvalue weighted by Gasteiger charge is -2.09. The molecule has 0 aliphatic heterocycles. The van der Waals surface area contributed by atoms with E-state index in [2.05, 4.69) is 16.8 Å². The van der Waals surface area contributed by atoms with Crippen molar-refractivity contribution in [3.63, 3.8) is 0 Å². The van der Waals surface area contributed by atoms with Gasteiger partial charge in [-0.25, -0.2) is 4.79 Å². The van der Waals surface area contributed by atoms with Crippen LogP contribution < -0.4 is 5.63 Å². The third-order valence-electron chi connectivity index (χ3n) is 4.47. The van der Waals surface area contributed by atoms with E-state index in [9.17, 15) is 4.79 Å². The van der Waals surface area contributed by atoms with E-state index in [1.165, 1.54) is 11.8 Å². The molecule has 7 heteroatoms. The molecule has 0 radical (unpaired) electrons. The first-order chi connectivity index (χ1) is 14.0. The van der Waals surface area contributed by atoms with E-state index < -0.39 is 0 Å². The van der Waals surface area contributed by atoms with Gasteiger partial charge in [0.1, 0.15) is 5.58 Å². The van der Waals surface area contributed by atoms with Crippen molar-refractivity contribution in [2.24, 2.45) is 0 Å². The normalized spacial score (nSPS) is 11.1. The fourth-order valence-electron chi connectivity index (χ4n) is 3.10. The second-order valence-corrected chi connectivity index (χ2v) is 7.97. The lowest BCUT2D eigenvalue weighted by molar-refractivity contribution is 0.559. The Morgan fingerprint density at radius 3 is 2.72 bits per heavy atom. The average Bonchev–Trinajstić information content (AvgIpc) is 3.09. The number of allylic oxidation sites excluding steroid dienone is 1. The van der Waals surface area contributed by atoms with Crippen molar-refractivity contribution in [3.05, 3.63) is 87.8 Å². The number of thioether (sulfide) groups is 1. The molecule has 5 nitrogen and oxygen atoms in total. The fraction of sp³-hybridized carbons (Fsp3) is 0.136. The van der Waals surface area contributed by atoms with E-state index in [0.29, 0.717) is 22.9 Å². The van der Waals surface area contributed by atoms with E-state index in [1.54, 1.807) is 6.07 Å². The number of hydrogen-bond donors (Lipinski definition) is 0. The smallest absolute Gasteiger partial charge is 0.336 e. The molecule has 4 aromatic rings. The Morgan fingerprint density at radius 1 is 1.17 bits per heavy atom. The Balaban J connectivity index is 1.67. The van der Waals surface area contributed by atoms with Crippen LogP contribution in [-0.4, -0.2) is 14.8 Å². The van der Waals surface area contributed by atoms with Crippen LogP contribution in [0.25, 0.3) is 22.4 Å². The number of nitrogens with zero attached hydrogens (tertiary/aromatic N) is 3. The standard InChI is InChI=1S/C22H18ClN3O2S/c1-3-10-26-21(15-5-7-17(23)8-6-15)24-25-22(26)29-13-16-12-20(27)28-19-11-14(2)4-9-18(16)19/h3-9,11-12H,1,10,13H2,2H3. The zero-order chi connectivity index (χ0) is 20.4. The van der Waals surface area contributed by atoms with Gasteiger partial charge in [0.05, 0.1) is 0 Å². The van der Waals surface area contributed by atoms with Crippen molar-refractivity contribution < 1.29 is 4.42 Å². The van der Waals surface area contributed by atoms with Crippen LogP contribution in [0.2, 0.25) is 5.02 Å². The Labute approximate surface area is 177 Å². The highest BCUT2D eigenvalue weighted by Crippen LogP contribution is 2.29. The Hall–Kier alpha value is -2.83. The van der Waals surface area contributed by atoms with Crippen LogP contribution in [-0.2, 0) is 12.3 Å². The van der Waals surface area contributed by atoms with Crippen LogP contribution in [0.3, 0.4) is 0 Å². The van der Waals surface area contributed by atoms with Crippen LogP contribution in [0, 0.1) is 6.92 Å². The van der Waals surface area contributed by atoms with Crippen LogP contribution in [0.4, 0.5) is 0 Å². The maximum absolute atomic E-state index is 12.0. The van der Waals surface area contributed by atoms with Gasteiger partial charge in [0.2, 0.25) is 0 Å². The Bertz CT molecular complexity index is 1250. The molecule has 29 heavy (non-hydrogen) atoms. The third-order valence-corrected chi connectivity index (χ3v) is 5.74. The highest BCUT2D eigenvalue weighted by atomic mass is 35.5. The van der Waals surface area contributed by atoms with Crippen LogP contribution >= 0.6 is 23.4 Å². The van der Waals surface area contributed by atoms with Gasteiger partial charge in [-0.2, -0.15) is 0 Å². The van der Waals surface area contributed by atoms with Gasteiger partial charge < -0.3 is 4.42 Å². The summed E-state index contributed by atoms with van der Waals surface area (Å²) in [6, 6.07) is 14.9. The number of aryl methyl sites for hydroxylation is 1. The van der Waals surface area contributed by atoms with Crippen LogP contribution in [0.15, 0.2) is 75.6 Å². The maximum atomic E-state index is 12.0. The lowest BCUT2D eigenvalue weighted by atomic mass is 10.1. The highest BCUT2D eigenvalue weighted by Gasteiger charge is 2.15. The number of aromatic nitrogens is 3. The summed E-state index contributed by atoms with van der Waals surface area (Å²) in [6.45, 7) is 6.39. The molecule has 0 aliphatic carbocycles. The first kappa shape index (κ1) is 19.5. The van der Waals surface area contributed by atoms with Crippen LogP contribution in [0.5, 0.6) is 0 Å². The second-order valence-electron chi connectivity index (χ2n) is 6.59. The third kappa shape index (κ3) is 4.13. The van der Waals surface area contributed by atoms with E-state index in [-0.39, 0.29) is 5.63 Å². The topological polar surface area (TPSA) is 60.9 Å². The molecule has 2 heterocycles. The molecule has 0 fully saturated rings. The molecule has 0 amide bonds. The van der Waals surface area contributed by atoms with Gasteiger partial charge in [-0.15, -0.1) is 16.8 Å². The fourth-order valence-corrected chi connectivity index (χ4v) is 4.17. The molecule has 0 saturated carbocycles. The molecule has 0 saturated heterocycles. The van der Waals surface area contributed by atoms with Crippen molar-refractivity contribution in [2.75, 3.05) is 0 Å². The Morgan fingerprint density at radius 2 is 1.97 bits per heavy atom. The quantitative estimate of drug-likeness (QED) is 0.233. The minimum absolute atomic E-state index is 0.354. The number of rotatable bonds is 6. The minimum atomic E-state index is -0.354. The largest absolute Gasteiger partial charge is 0.423 e. The highest BCUT2D eigenvalue weighted by molar-refractivity contribution is 7.98. The predicted molar refractivity (Wildman–Crippen MR) is 117 cm³/mol. The van der Waals surface area contributed by atoms with Gasteiger partial charge in [-0.3, -0.25) is 4.57 Å². The molecular weight excluding hydrogens is 406 g/mol. The molecular formula is C22H18ClN3O2S. The number of hydrogen-bond acceptors (Lipinski definition) is 5. The molecule has 2 aromatic carbocycles. The van der Waals surface area contributed by atoms with Crippen molar-refractivity contribution in [1.82, 2.24) is 14.8 Å². The summed E-state index contributed by atoms with van der Waals surface area (Å²) in [4.78, 5) is 12.0. The molecule has 0 atom stereocenters. The number of fused-ring (bicyclic) bond motifs is 1. The lowest BCUT2D eigenvalue weighted by Crippen LogP contribution is -2.02. The first-order valence-electron chi connectivity index (χ1n) is 9.01. The van der Waals surface area contributed by atoms with E-state index in [4.69, 9.17) is 16.0 Å². The van der Waals surface area contributed by atoms with Gasteiger partial charge in [0.25, 0.3) is 0 Å². The van der Waals surface area contributed by atoms with Crippen molar-refractivity contribution in [3.8, 4) is 11.4 Å². The van der Waals surface area contributed by atoms with Gasteiger partial charge in [0.15, 0.2) is 11.0 Å². The number of benzene rings is 2. The molecule has 4 rings (SSSR count). The van der Waals surface area contributed by atoms with E-state index in [0.717, 1.165) is 33.1 Å². The maximum Gasteiger partial charge on any atom is 0.336 e. The van der Waals surface area contributed by atoms with Gasteiger partial charge in [-0.05, 0) is 48.4 Å². The summed E-state index contributed by atoms with van der Waals surface area (Å²) in [7, 11) is 0. The van der Waals surface area contributed by atoms with Crippen molar-refractivity contribution >= 4 is 34.3 Å². The molecule has 0 aliphatic rings.